The Morgan fingerprint density at radius 3 is 2.76 bits per heavy atom. The Labute approximate surface area is 107 Å². The molecule has 0 aliphatic carbocycles. The van der Waals surface area contributed by atoms with Gasteiger partial charge in [-0.3, -0.25) is 0 Å². The Bertz CT molecular complexity index is 621. The first-order valence-corrected chi connectivity index (χ1v) is 7.00. The number of fused-ring (bicyclic) bond motifs is 1. The fourth-order valence-corrected chi connectivity index (χ4v) is 3.34. The SMILES string of the molecule is CC(N)c1nc(-c2nc3ccccc3s2)cs1. The van der Waals surface area contributed by atoms with Crippen molar-refractivity contribution in [2.45, 2.75) is 13.0 Å². The van der Waals surface area contributed by atoms with E-state index >= 15 is 0 Å². The van der Waals surface area contributed by atoms with E-state index < -0.39 is 0 Å². The largest absolute Gasteiger partial charge is 0.322 e. The standard InChI is InChI=1S/C12H11N3S2/c1-7(13)11-15-9(6-16-11)12-14-8-4-2-3-5-10(8)17-12/h2-7H,13H2,1H3. The van der Waals surface area contributed by atoms with Crippen molar-refractivity contribution in [2.24, 2.45) is 5.73 Å². The maximum atomic E-state index is 5.81. The molecular weight excluding hydrogens is 250 g/mol. The maximum absolute atomic E-state index is 5.81. The molecule has 0 fully saturated rings. The molecule has 2 N–H and O–H groups in total. The Hall–Kier alpha value is -1.30. The minimum absolute atomic E-state index is 0.0110. The molecule has 86 valence electrons. The lowest BCUT2D eigenvalue weighted by molar-refractivity contribution is 0.808. The lowest BCUT2D eigenvalue weighted by atomic mass is 10.3. The van der Waals surface area contributed by atoms with Gasteiger partial charge in [0.25, 0.3) is 0 Å². The second-order valence-electron chi connectivity index (χ2n) is 3.85. The molecule has 2 aromatic heterocycles. The smallest absolute Gasteiger partial charge is 0.143 e. The molecule has 1 aromatic carbocycles. The highest BCUT2D eigenvalue weighted by Gasteiger charge is 2.11. The zero-order valence-corrected chi connectivity index (χ0v) is 10.9. The van der Waals surface area contributed by atoms with Gasteiger partial charge in [0.2, 0.25) is 0 Å². The number of hydrogen-bond acceptors (Lipinski definition) is 5. The Balaban J connectivity index is 2.07. The van der Waals surface area contributed by atoms with Crippen molar-refractivity contribution in [3.05, 3.63) is 34.7 Å². The van der Waals surface area contributed by atoms with Crippen molar-refractivity contribution in [3.63, 3.8) is 0 Å². The Morgan fingerprint density at radius 2 is 2.06 bits per heavy atom. The number of nitrogens with two attached hydrogens (primary N) is 1. The summed E-state index contributed by atoms with van der Waals surface area (Å²) < 4.78 is 1.19. The van der Waals surface area contributed by atoms with Gasteiger partial charge >= 0.3 is 0 Å². The number of nitrogens with zero attached hydrogens (tertiary/aromatic N) is 2. The van der Waals surface area contributed by atoms with Gasteiger partial charge in [-0.05, 0) is 19.1 Å². The molecule has 1 atom stereocenters. The van der Waals surface area contributed by atoms with Gasteiger partial charge in [0.15, 0.2) is 0 Å². The molecular formula is C12H11N3S2. The fourth-order valence-electron chi connectivity index (χ4n) is 1.58. The van der Waals surface area contributed by atoms with Crippen LogP contribution in [-0.4, -0.2) is 9.97 Å². The van der Waals surface area contributed by atoms with Gasteiger partial charge in [0, 0.05) is 5.38 Å². The van der Waals surface area contributed by atoms with Crippen LogP contribution in [0.15, 0.2) is 29.6 Å². The van der Waals surface area contributed by atoms with Gasteiger partial charge < -0.3 is 5.73 Å². The number of aromatic nitrogens is 2. The number of rotatable bonds is 2. The summed E-state index contributed by atoms with van der Waals surface area (Å²) in [5.74, 6) is 0. The third-order valence-electron chi connectivity index (χ3n) is 2.42. The van der Waals surface area contributed by atoms with E-state index in [-0.39, 0.29) is 6.04 Å². The second-order valence-corrected chi connectivity index (χ2v) is 5.77. The summed E-state index contributed by atoms with van der Waals surface area (Å²) in [5, 5.41) is 3.95. The minimum Gasteiger partial charge on any atom is -0.322 e. The number of thiazole rings is 2. The van der Waals surface area contributed by atoms with Crippen molar-refractivity contribution in [1.29, 1.82) is 0 Å². The average Bonchev–Trinajstić information content (AvgIpc) is 2.95. The van der Waals surface area contributed by atoms with Crippen LogP contribution >= 0.6 is 22.7 Å². The highest BCUT2D eigenvalue weighted by atomic mass is 32.1. The first-order chi connectivity index (χ1) is 8.24. The van der Waals surface area contributed by atoms with Gasteiger partial charge in [-0.15, -0.1) is 22.7 Å². The third-order valence-corrected chi connectivity index (χ3v) is 4.53. The van der Waals surface area contributed by atoms with Crippen LogP contribution in [0.4, 0.5) is 0 Å². The van der Waals surface area contributed by atoms with Crippen LogP contribution in [0.5, 0.6) is 0 Å². The molecule has 17 heavy (non-hydrogen) atoms. The van der Waals surface area contributed by atoms with Crippen LogP contribution in [0.25, 0.3) is 20.9 Å². The van der Waals surface area contributed by atoms with E-state index in [1.165, 1.54) is 4.70 Å². The van der Waals surface area contributed by atoms with Gasteiger partial charge in [-0.25, -0.2) is 9.97 Å². The van der Waals surface area contributed by atoms with Crippen molar-refractivity contribution in [3.8, 4) is 10.7 Å². The molecule has 3 nitrogen and oxygen atoms in total. The first-order valence-electron chi connectivity index (χ1n) is 5.31. The van der Waals surface area contributed by atoms with Crippen LogP contribution in [0.2, 0.25) is 0 Å². The molecule has 0 aliphatic heterocycles. The third kappa shape index (κ3) is 1.97. The number of hydrogen-bond donors (Lipinski definition) is 1. The van der Waals surface area contributed by atoms with E-state index in [2.05, 4.69) is 16.0 Å². The monoisotopic (exact) mass is 261 g/mol. The van der Waals surface area contributed by atoms with Crippen LogP contribution in [-0.2, 0) is 0 Å². The van der Waals surface area contributed by atoms with E-state index in [1.807, 2.05) is 30.5 Å². The van der Waals surface area contributed by atoms with Crippen LogP contribution in [0.3, 0.4) is 0 Å². The number of benzene rings is 1. The Kier molecular flexibility index (Phi) is 2.66. The lowest BCUT2D eigenvalue weighted by Crippen LogP contribution is -2.03. The highest BCUT2D eigenvalue weighted by Crippen LogP contribution is 2.31. The normalized spacial score (nSPS) is 13.1. The second kappa shape index (κ2) is 4.18. The molecule has 0 radical (unpaired) electrons. The van der Waals surface area contributed by atoms with Crippen molar-refractivity contribution < 1.29 is 0 Å². The predicted octanol–water partition coefficient (Wildman–Crippen LogP) is 3.44. The van der Waals surface area contributed by atoms with Gasteiger partial charge in [0.05, 0.1) is 16.3 Å². The average molecular weight is 261 g/mol. The molecule has 3 rings (SSSR count). The van der Waals surface area contributed by atoms with E-state index in [0.29, 0.717) is 0 Å². The molecule has 2 heterocycles. The molecule has 0 saturated heterocycles. The fraction of sp³-hybridized carbons (Fsp3) is 0.167. The van der Waals surface area contributed by atoms with E-state index in [0.717, 1.165) is 21.2 Å². The molecule has 1 unspecified atom stereocenters. The molecule has 3 aromatic rings. The molecule has 0 aliphatic rings. The van der Waals surface area contributed by atoms with Crippen molar-refractivity contribution >= 4 is 32.9 Å². The first kappa shape index (κ1) is 10.8. The Morgan fingerprint density at radius 1 is 1.24 bits per heavy atom. The molecule has 0 amide bonds. The topological polar surface area (TPSA) is 51.8 Å². The number of para-hydroxylation sites is 1. The summed E-state index contributed by atoms with van der Waals surface area (Å²) in [6, 6.07) is 8.12. The van der Waals surface area contributed by atoms with E-state index in [9.17, 15) is 0 Å². The summed E-state index contributed by atoms with van der Waals surface area (Å²) in [4.78, 5) is 9.09. The van der Waals surface area contributed by atoms with Gasteiger partial charge in [0.1, 0.15) is 15.7 Å². The highest BCUT2D eigenvalue weighted by molar-refractivity contribution is 7.21. The summed E-state index contributed by atoms with van der Waals surface area (Å²) in [6.07, 6.45) is 0. The van der Waals surface area contributed by atoms with Gasteiger partial charge in [-0.2, -0.15) is 0 Å². The zero-order chi connectivity index (χ0) is 11.8. The summed E-state index contributed by atoms with van der Waals surface area (Å²) >= 11 is 3.26. The maximum Gasteiger partial charge on any atom is 0.143 e. The van der Waals surface area contributed by atoms with E-state index in [1.54, 1.807) is 22.7 Å². The summed E-state index contributed by atoms with van der Waals surface area (Å²) in [6.45, 7) is 1.95. The molecule has 5 heteroatoms. The van der Waals surface area contributed by atoms with E-state index in [4.69, 9.17) is 5.73 Å². The predicted molar refractivity (Wildman–Crippen MR) is 73.3 cm³/mol. The lowest BCUT2D eigenvalue weighted by Gasteiger charge is -1.96. The summed E-state index contributed by atoms with van der Waals surface area (Å²) in [5.41, 5.74) is 7.78. The quantitative estimate of drug-likeness (QED) is 0.768. The van der Waals surface area contributed by atoms with Crippen molar-refractivity contribution in [1.82, 2.24) is 9.97 Å². The van der Waals surface area contributed by atoms with Crippen LogP contribution in [0.1, 0.15) is 18.0 Å². The van der Waals surface area contributed by atoms with Gasteiger partial charge in [-0.1, -0.05) is 12.1 Å². The van der Waals surface area contributed by atoms with Crippen LogP contribution in [0, 0.1) is 0 Å². The molecule has 0 saturated carbocycles. The minimum atomic E-state index is -0.0110. The molecule has 0 spiro atoms. The van der Waals surface area contributed by atoms with Crippen LogP contribution < -0.4 is 5.73 Å². The van der Waals surface area contributed by atoms with Crippen molar-refractivity contribution in [2.75, 3.05) is 0 Å². The molecule has 0 bridgehead atoms. The summed E-state index contributed by atoms with van der Waals surface area (Å²) in [7, 11) is 0. The zero-order valence-electron chi connectivity index (χ0n) is 9.25.